The Balaban J connectivity index is 3.24. The fraction of sp³-hybridized carbons (Fsp3) is 0.214. The molecular weight excluding hydrogens is 262 g/mol. The van der Waals surface area contributed by atoms with Crippen molar-refractivity contribution in [1.82, 2.24) is 4.90 Å². The molecule has 19 heavy (non-hydrogen) atoms. The van der Waals surface area contributed by atoms with Gasteiger partial charge in [-0.3, -0.25) is 4.79 Å². The molecule has 0 fully saturated rings. The predicted octanol–water partition coefficient (Wildman–Crippen LogP) is 2.01. The van der Waals surface area contributed by atoms with Crippen molar-refractivity contribution in [2.24, 2.45) is 0 Å². The Kier molecular flexibility index (Phi) is 5.06. The van der Waals surface area contributed by atoms with E-state index < -0.39 is 15.6 Å². The SMILES string of the molecule is CC(=O)/C(=C\C=C\N(C)C)S(=O)(=O)c1ccccc1. The first-order chi connectivity index (χ1) is 8.85. The lowest BCUT2D eigenvalue weighted by Crippen LogP contribution is -2.11. The Hall–Kier alpha value is -1.88. The van der Waals surface area contributed by atoms with Gasteiger partial charge in [-0.1, -0.05) is 18.2 Å². The second kappa shape index (κ2) is 6.33. The minimum absolute atomic E-state index is 0.120. The van der Waals surface area contributed by atoms with E-state index in [4.69, 9.17) is 0 Å². The highest BCUT2D eigenvalue weighted by Gasteiger charge is 2.23. The lowest BCUT2D eigenvalue weighted by Gasteiger charge is -2.06. The van der Waals surface area contributed by atoms with Crippen LogP contribution in [0.15, 0.2) is 58.5 Å². The van der Waals surface area contributed by atoms with Crippen molar-refractivity contribution < 1.29 is 13.2 Å². The molecule has 4 nitrogen and oxygen atoms in total. The Labute approximate surface area is 114 Å². The molecule has 0 atom stereocenters. The second-order valence-corrected chi connectivity index (χ2v) is 6.13. The largest absolute Gasteiger partial charge is 0.383 e. The van der Waals surface area contributed by atoms with E-state index in [0.29, 0.717) is 0 Å². The van der Waals surface area contributed by atoms with Gasteiger partial charge < -0.3 is 4.90 Å². The number of hydrogen-bond donors (Lipinski definition) is 0. The third-order valence-corrected chi connectivity index (χ3v) is 4.22. The predicted molar refractivity (Wildman–Crippen MR) is 75.2 cm³/mol. The number of ketones is 1. The minimum atomic E-state index is -3.76. The number of sulfone groups is 1. The number of carbonyl (C=O) groups is 1. The summed E-state index contributed by atoms with van der Waals surface area (Å²) in [7, 11) is -0.138. The van der Waals surface area contributed by atoms with E-state index in [2.05, 4.69) is 0 Å². The van der Waals surface area contributed by atoms with Crippen LogP contribution in [0, 0.1) is 0 Å². The average Bonchev–Trinajstić information content (AvgIpc) is 2.34. The molecule has 0 spiro atoms. The molecule has 1 aromatic rings. The van der Waals surface area contributed by atoms with Gasteiger partial charge in [0, 0.05) is 14.1 Å². The number of rotatable bonds is 5. The van der Waals surface area contributed by atoms with Crippen LogP contribution in [-0.2, 0) is 14.6 Å². The van der Waals surface area contributed by atoms with E-state index in [1.165, 1.54) is 31.2 Å². The van der Waals surface area contributed by atoms with E-state index >= 15 is 0 Å². The maximum absolute atomic E-state index is 12.3. The van der Waals surface area contributed by atoms with Gasteiger partial charge in [-0.05, 0) is 37.4 Å². The monoisotopic (exact) mass is 279 g/mol. The van der Waals surface area contributed by atoms with Gasteiger partial charge in [0.15, 0.2) is 5.78 Å². The molecule has 0 aliphatic rings. The Morgan fingerprint density at radius 2 is 1.74 bits per heavy atom. The Morgan fingerprint density at radius 3 is 2.21 bits per heavy atom. The van der Waals surface area contributed by atoms with Crippen molar-refractivity contribution in [3.63, 3.8) is 0 Å². The molecule has 0 radical (unpaired) electrons. The van der Waals surface area contributed by atoms with Crippen molar-refractivity contribution in [2.45, 2.75) is 11.8 Å². The molecule has 0 saturated heterocycles. The van der Waals surface area contributed by atoms with Gasteiger partial charge in [0.25, 0.3) is 0 Å². The second-order valence-electron chi connectivity index (χ2n) is 4.21. The lowest BCUT2D eigenvalue weighted by atomic mass is 10.3. The molecule has 0 aliphatic heterocycles. The number of carbonyl (C=O) groups excluding carboxylic acids is 1. The van der Waals surface area contributed by atoms with Gasteiger partial charge in [0.1, 0.15) is 4.91 Å². The molecule has 1 aromatic carbocycles. The fourth-order valence-corrected chi connectivity index (χ4v) is 2.83. The highest BCUT2D eigenvalue weighted by atomic mass is 32.2. The van der Waals surface area contributed by atoms with Crippen LogP contribution >= 0.6 is 0 Å². The maximum Gasteiger partial charge on any atom is 0.210 e. The topological polar surface area (TPSA) is 54.5 Å². The summed E-state index contributed by atoms with van der Waals surface area (Å²) in [5, 5.41) is 0. The van der Waals surface area contributed by atoms with Crippen molar-refractivity contribution >= 4 is 15.6 Å². The van der Waals surface area contributed by atoms with Gasteiger partial charge >= 0.3 is 0 Å². The number of allylic oxidation sites excluding steroid dienone is 3. The van der Waals surface area contributed by atoms with Crippen molar-refractivity contribution in [2.75, 3.05) is 14.1 Å². The summed E-state index contributed by atoms with van der Waals surface area (Å²) >= 11 is 0. The molecule has 0 aliphatic carbocycles. The number of nitrogens with zero attached hydrogens (tertiary/aromatic N) is 1. The zero-order valence-electron chi connectivity index (χ0n) is 11.2. The highest BCUT2D eigenvalue weighted by molar-refractivity contribution is 7.96. The molecule has 0 unspecified atom stereocenters. The van der Waals surface area contributed by atoms with Crippen LogP contribution < -0.4 is 0 Å². The molecule has 0 N–H and O–H groups in total. The van der Waals surface area contributed by atoms with E-state index in [-0.39, 0.29) is 9.80 Å². The molecule has 0 heterocycles. The fourth-order valence-electron chi connectivity index (χ4n) is 1.43. The molecule has 0 aromatic heterocycles. The van der Waals surface area contributed by atoms with E-state index in [9.17, 15) is 13.2 Å². The summed E-state index contributed by atoms with van der Waals surface area (Å²) in [6, 6.07) is 7.92. The first-order valence-electron chi connectivity index (χ1n) is 5.71. The quantitative estimate of drug-likeness (QED) is 0.611. The van der Waals surface area contributed by atoms with Crippen molar-refractivity contribution in [3.05, 3.63) is 53.6 Å². The summed E-state index contributed by atoms with van der Waals surface area (Å²) in [5.41, 5.74) is 0. The van der Waals surface area contributed by atoms with Crippen LogP contribution in [0.1, 0.15) is 6.92 Å². The van der Waals surface area contributed by atoms with Crippen LogP contribution in [-0.4, -0.2) is 33.2 Å². The third kappa shape index (κ3) is 4.06. The molecule has 5 heteroatoms. The van der Waals surface area contributed by atoms with Gasteiger partial charge in [0.05, 0.1) is 4.90 Å². The van der Waals surface area contributed by atoms with Gasteiger partial charge in [-0.25, -0.2) is 8.42 Å². The van der Waals surface area contributed by atoms with E-state index in [1.807, 2.05) is 14.1 Å². The van der Waals surface area contributed by atoms with Crippen molar-refractivity contribution in [3.8, 4) is 0 Å². The van der Waals surface area contributed by atoms with Crippen LogP contribution in [0.3, 0.4) is 0 Å². The normalized spacial score (nSPS) is 12.7. The average molecular weight is 279 g/mol. The zero-order chi connectivity index (χ0) is 14.5. The van der Waals surface area contributed by atoms with E-state index in [1.54, 1.807) is 29.3 Å². The van der Waals surface area contributed by atoms with E-state index in [0.717, 1.165) is 0 Å². The number of benzene rings is 1. The minimum Gasteiger partial charge on any atom is -0.383 e. The van der Waals surface area contributed by atoms with Crippen LogP contribution in [0.4, 0.5) is 0 Å². The number of Topliss-reactive ketones (excluding diaryl/α,β-unsaturated/α-hetero) is 1. The zero-order valence-corrected chi connectivity index (χ0v) is 12.0. The smallest absolute Gasteiger partial charge is 0.210 e. The molecule has 0 saturated carbocycles. The highest BCUT2D eigenvalue weighted by Crippen LogP contribution is 2.19. The molecule has 1 rings (SSSR count). The van der Waals surface area contributed by atoms with Crippen LogP contribution in [0.5, 0.6) is 0 Å². The van der Waals surface area contributed by atoms with Gasteiger partial charge in [0.2, 0.25) is 9.84 Å². The third-order valence-electron chi connectivity index (χ3n) is 2.32. The summed E-state index contributed by atoms with van der Waals surface area (Å²) in [4.78, 5) is 13.2. The standard InChI is InChI=1S/C14H17NO3S/c1-12(16)14(10-7-11-15(2)3)19(17,18)13-8-5-4-6-9-13/h4-11H,1-3H3/b11-7+,14-10+. The Morgan fingerprint density at radius 1 is 1.16 bits per heavy atom. The first kappa shape index (κ1) is 15.2. The summed E-state index contributed by atoms with van der Waals surface area (Å²) < 4.78 is 24.6. The van der Waals surface area contributed by atoms with Gasteiger partial charge in [-0.15, -0.1) is 0 Å². The summed E-state index contributed by atoms with van der Waals surface area (Å²) in [5.74, 6) is -0.479. The van der Waals surface area contributed by atoms with Crippen LogP contribution in [0.25, 0.3) is 0 Å². The Bertz CT molecular complexity index is 599. The first-order valence-corrected chi connectivity index (χ1v) is 7.20. The lowest BCUT2D eigenvalue weighted by molar-refractivity contribution is -0.113. The molecular formula is C14H17NO3S. The summed E-state index contributed by atoms with van der Waals surface area (Å²) in [6.07, 6.45) is 4.53. The molecule has 0 amide bonds. The number of hydrogen-bond acceptors (Lipinski definition) is 4. The molecule has 102 valence electrons. The van der Waals surface area contributed by atoms with Crippen molar-refractivity contribution in [1.29, 1.82) is 0 Å². The molecule has 0 bridgehead atoms. The maximum atomic E-state index is 12.3. The summed E-state index contributed by atoms with van der Waals surface area (Å²) in [6.45, 7) is 1.25. The van der Waals surface area contributed by atoms with Crippen LogP contribution in [0.2, 0.25) is 0 Å². The van der Waals surface area contributed by atoms with Gasteiger partial charge in [-0.2, -0.15) is 0 Å².